The highest BCUT2D eigenvalue weighted by atomic mass is 32.2. The number of hydrogen-bond donors (Lipinski definition) is 1. The zero-order valence-electron chi connectivity index (χ0n) is 10.7. The Balaban J connectivity index is 2.00. The molecule has 2 heterocycles. The molecular formula is C12H14F3N3S2. The van der Waals surface area contributed by atoms with Crippen LogP contribution in [-0.2, 0) is 7.05 Å². The van der Waals surface area contributed by atoms with Crippen LogP contribution in [0.3, 0.4) is 0 Å². The molecule has 0 saturated carbocycles. The average Bonchev–Trinajstić information content (AvgIpc) is 3.00. The third kappa shape index (κ3) is 4.26. The van der Waals surface area contributed by atoms with Crippen molar-refractivity contribution in [2.24, 2.45) is 7.05 Å². The molecule has 0 amide bonds. The number of hydrogen-bond acceptors (Lipinski definition) is 4. The molecule has 2 aromatic rings. The van der Waals surface area contributed by atoms with Crippen LogP contribution in [-0.4, -0.2) is 27.4 Å². The van der Waals surface area contributed by atoms with Gasteiger partial charge in [-0.25, -0.2) is 4.98 Å². The van der Waals surface area contributed by atoms with Gasteiger partial charge in [-0.3, -0.25) is 0 Å². The van der Waals surface area contributed by atoms with E-state index in [-0.39, 0.29) is 30.1 Å². The van der Waals surface area contributed by atoms with Crippen molar-refractivity contribution in [2.45, 2.75) is 11.6 Å². The molecule has 0 aliphatic rings. The Labute approximate surface area is 123 Å². The normalized spacial score (nSPS) is 13.6. The summed E-state index contributed by atoms with van der Waals surface area (Å²) in [7, 11) is 1.87. The number of thioether (sulfide) groups is 1. The van der Waals surface area contributed by atoms with Gasteiger partial charge in [0.25, 0.3) is 0 Å². The smallest absolute Gasteiger partial charge is 0.336 e. The van der Waals surface area contributed by atoms with Gasteiger partial charge in [-0.1, -0.05) is 6.07 Å². The van der Waals surface area contributed by atoms with Gasteiger partial charge < -0.3 is 9.88 Å². The van der Waals surface area contributed by atoms with Gasteiger partial charge in [0.2, 0.25) is 0 Å². The number of aryl methyl sites for hydroxylation is 1. The minimum atomic E-state index is -4.18. The highest BCUT2D eigenvalue weighted by Gasteiger charge is 2.28. The largest absolute Gasteiger partial charge is 0.441 e. The van der Waals surface area contributed by atoms with Gasteiger partial charge >= 0.3 is 5.51 Å². The lowest BCUT2D eigenvalue weighted by atomic mass is 10.2. The second kappa shape index (κ2) is 6.64. The molecule has 0 bridgehead atoms. The molecule has 2 aromatic heterocycles. The lowest BCUT2D eigenvalue weighted by Gasteiger charge is -2.17. The predicted octanol–water partition coefficient (Wildman–Crippen LogP) is 3.41. The number of thiophene rings is 1. The molecule has 20 heavy (non-hydrogen) atoms. The highest BCUT2D eigenvalue weighted by molar-refractivity contribution is 8.00. The zero-order valence-corrected chi connectivity index (χ0v) is 12.4. The van der Waals surface area contributed by atoms with Crippen LogP contribution >= 0.6 is 23.1 Å². The van der Waals surface area contributed by atoms with E-state index in [9.17, 15) is 13.2 Å². The number of halogens is 3. The van der Waals surface area contributed by atoms with Crippen LogP contribution in [0.2, 0.25) is 0 Å². The van der Waals surface area contributed by atoms with Gasteiger partial charge in [0.15, 0.2) is 0 Å². The van der Waals surface area contributed by atoms with Crippen molar-refractivity contribution in [3.8, 4) is 0 Å². The molecule has 0 saturated heterocycles. The second-order valence-electron chi connectivity index (χ2n) is 4.09. The maximum Gasteiger partial charge on any atom is 0.441 e. The third-order valence-electron chi connectivity index (χ3n) is 2.66. The van der Waals surface area contributed by atoms with E-state index in [0.717, 1.165) is 10.7 Å². The van der Waals surface area contributed by atoms with Crippen molar-refractivity contribution in [3.05, 3.63) is 40.6 Å². The summed E-state index contributed by atoms with van der Waals surface area (Å²) >= 11 is 1.54. The molecule has 2 rings (SSSR count). The Kier molecular flexibility index (Phi) is 5.11. The Morgan fingerprint density at radius 3 is 2.85 bits per heavy atom. The van der Waals surface area contributed by atoms with Crippen LogP contribution in [0.25, 0.3) is 0 Å². The highest BCUT2D eigenvalue weighted by Crippen LogP contribution is 2.30. The zero-order chi connectivity index (χ0) is 14.6. The van der Waals surface area contributed by atoms with Crippen LogP contribution in [0, 0.1) is 0 Å². The Morgan fingerprint density at radius 1 is 1.50 bits per heavy atom. The lowest BCUT2D eigenvalue weighted by Crippen LogP contribution is -2.27. The summed E-state index contributed by atoms with van der Waals surface area (Å²) in [6, 6.07) is 3.69. The van der Waals surface area contributed by atoms with E-state index in [1.165, 1.54) is 0 Å². The Hall–Kier alpha value is -0.990. The predicted molar refractivity (Wildman–Crippen MR) is 75.9 cm³/mol. The number of alkyl halides is 3. The lowest BCUT2D eigenvalue weighted by molar-refractivity contribution is -0.0327. The van der Waals surface area contributed by atoms with Crippen LogP contribution in [0.1, 0.15) is 16.7 Å². The van der Waals surface area contributed by atoms with E-state index in [0.29, 0.717) is 0 Å². The summed E-state index contributed by atoms with van der Waals surface area (Å²) in [5.41, 5.74) is -4.18. The van der Waals surface area contributed by atoms with Gasteiger partial charge in [-0.2, -0.15) is 13.2 Å². The summed E-state index contributed by atoms with van der Waals surface area (Å²) in [5, 5.41) is 5.09. The first kappa shape index (κ1) is 15.4. The molecular weight excluding hydrogens is 307 g/mol. The fourth-order valence-corrected chi connectivity index (χ4v) is 3.05. The first-order chi connectivity index (χ1) is 9.47. The quantitative estimate of drug-likeness (QED) is 0.827. The number of aromatic nitrogens is 2. The SMILES string of the molecule is Cn1ccnc1C(NCCSC(F)(F)F)c1cccs1. The number of nitrogens with zero attached hydrogens (tertiary/aromatic N) is 2. The van der Waals surface area contributed by atoms with E-state index >= 15 is 0 Å². The van der Waals surface area contributed by atoms with Gasteiger partial charge in [0, 0.05) is 36.6 Å². The average molecular weight is 321 g/mol. The minimum absolute atomic E-state index is 0.0121. The molecule has 3 nitrogen and oxygen atoms in total. The topological polar surface area (TPSA) is 29.9 Å². The van der Waals surface area contributed by atoms with Gasteiger partial charge in [0.1, 0.15) is 11.9 Å². The summed E-state index contributed by atoms with van der Waals surface area (Å²) in [6.07, 6.45) is 3.50. The van der Waals surface area contributed by atoms with Crippen LogP contribution in [0.15, 0.2) is 29.9 Å². The maximum atomic E-state index is 12.1. The first-order valence-corrected chi connectivity index (χ1v) is 7.78. The Morgan fingerprint density at radius 2 is 2.30 bits per heavy atom. The van der Waals surface area contributed by atoms with E-state index in [2.05, 4.69) is 10.3 Å². The van der Waals surface area contributed by atoms with E-state index < -0.39 is 5.51 Å². The van der Waals surface area contributed by atoms with Crippen LogP contribution < -0.4 is 5.32 Å². The summed E-state index contributed by atoms with van der Waals surface area (Å²) in [4.78, 5) is 5.32. The second-order valence-corrected chi connectivity index (χ2v) is 6.23. The number of imidazole rings is 1. The molecule has 1 N–H and O–H groups in total. The number of rotatable bonds is 6. The summed E-state index contributed by atoms with van der Waals surface area (Å²) < 4.78 is 38.2. The van der Waals surface area contributed by atoms with E-state index in [4.69, 9.17) is 0 Å². The molecule has 0 radical (unpaired) electrons. The molecule has 1 atom stereocenters. The molecule has 1 unspecified atom stereocenters. The van der Waals surface area contributed by atoms with Crippen molar-refractivity contribution in [2.75, 3.05) is 12.3 Å². The number of nitrogens with one attached hydrogen (secondary N) is 1. The van der Waals surface area contributed by atoms with Crippen molar-refractivity contribution in [1.29, 1.82) is 0 Å². The monoisotopic (exact) mass is 321 g/mol. The van der Waals surface area contributed by atoms with Gasteiger partial charge in [-0.05, 0) is 23.2 Å². The molecule has 0 aliphatic carbocycles. The Bertz CT molecular complexity index is 522. The molecule has 110 valence electrons. The van der Waals surface area contributed by atoms with Crippen molar-refractivity contribution < 1.29 is 13.2 Å². The third-order valence-corrected chi connectivity index (χ3v) is 4.33. The van der Waals surface area contributed by atoms with Gasteiger partial charge in [-0.15, -0.1) is 11.3 Å². The van der Waals surface area contributed by atoms with Crippen molar-refractivity contribution in [3.63, 3.8) is 0 Å². The maximum absolute atomic E-state index is 12.1. The first-order valence-electron chi connectivity index (χ1n) is 5.92. The molecule has 0 aliphatic heterocycles. The molecule has 0 fully saturated rings. The van der Waals surface area contributed by atoms with E-state index in [1.807, 2.05) is 35.3 Å². The van der Waals surface area contributed by atoms with Crippen LogP contribution in [0.4, 0.5) is 13.2 Å². The molecule has 0 aromatic carbocycles. The standard InChI is InChI=1S/C12H14F3N3S2/c1-18-6-4-17-11(18)10(9-3-2-7-19-9)16-5-8-20-12(13,14)15/h2-4,6-7,10,16H,5,8H2,1H3. The minimum Gasteiger partial charge on any atom is -0.336 e. The van der Waals surface area contributed by atoms with Crippen LogP contribution in [0.5, 0.6) is 0 Å². The molecule has 8 heteroatoms. The fourth-order valence-electron chi connectivity index (χ4n) is 1.80. The summed E-state index contributed by atoms with van der Waals surface area (Å²) in [5.74, 6) is 0.778. The van der Waals surface area contributed by atoms with Crippen molar-refractivity contribution in [1.82, 2.24) is 14.9 Å². The van der Waals surface area contributed by atoms with E-state index in [1.54, 1.807) is 17.5 Å². The fraction of sp³-hybridized carbons (Fsp3) is 0.417. The molecule has 0 spiro atoms. The van der Waals surface area contributed by atoms with Gasteiger partial charge in [0.05, 0.1) is 0 Å². The summed E-state index contributed by atoms with van der Waals surface area (Å²) in [6.45, 7) is 0.263. The van der Waals surface area contributed by atoms with Crippen molar-refractivity contribution >= 4 is 23.1 Å².